The second-order valence-electron chi connectivity index (χ2n) is 6.51. The predicted octanol–water partition coefficient (Wildman–Crippen LogP) is 2.54. The molecule has 0 radical (unpaired) electrons. The summed E-state index contributed by atoms with van der Waals surface area (Å²) in [7, 11) is 0. The molecule has 0 atom stereocenters. The Hall–Kier alpha value is -0.770. The molecule has 1 amide bonds. The number of nitrogens with one attached hydrogen (secondary N) is 1. The minimum atomic E-state index is -0.762. The third-order valence-corrected chi connectivity index (χ3v) is 4.65. The van der Waals surface area contributed by atoms with E-state index in [9.17, 15) is 4.79 Å². The molecular formula is C14H26N2O2. The average molecular weight is 254 g/mol. The number of hydrogen-bond acceptors (Lipinski definition) is 2. The zero-order valence-electron chi connectivity index (χ0n) is 11.6. The largest absolute Gasteiger partial charge is 0.465 e. The predicted molar refractivity (Wildman–Crippen MR) is 71.7 cm³/mol. The van der Waals surface area contributed by atoms with Gasteiger partial charge in [0.15, 0.2) is 0 Å². The highest BCUT2D eigenvalue weighted by Gasteiger charge is 2.33. The summed E-state index contributed by atoms with van der Waals surface area (Å²) in [6, 6.07) is 0.787. The van der Waals surface area contributed by atoms with Gasteiger partial charge in [0.05, 0.1) is 0 Å². The number of nitrogens with zero attached hydrogens (tertiary/aromatic N) is 1. The first-order valence-corrected chi connectivity index (χ1v) is 7.20. The number of carbonyl (C=O) groups is 1. The lowest BCUT2D eigenvalue weighted by Gasteiger charge is -2.40. The lowest BCUT2D eigenvalue weighted by molar-refractivity contribution is 0.0841. The summed E-state index contributed by atoms with van der Waals surface area (Å²) in [6.45, 7) is 7.20. The molecule has 104 valence electrons. The van der Waals surface area contributed by atoms with E-state index in [-0.39, 0.29) is 0 Å². The molecule has 0 bridgehead atoms. The van der Waals surface area contributed by atoms with Gasteiger partial charge in [0.2, 0.25) is 0 Å². The SMILES string of the molecule is CC(C)(CCNC1CC1)C1CCN(C(=O)O)CC1. The van der Waals surface area contributed by atoms with Crippen LogP contribution < -0.4 is 5.32 Å². The van der Waals surface area contributed by atoms with E-state index in [1.165, 1.54) is 19.3 Å². The molecular weight excluding hydrogens is 228 g/mol. The van der Waals surface area contributed by atoms with Crippen LogP contribution in [0.4, 0.5) is 4.79 Å². The fourth-order valence-corrected chi connectivity index (χ4v) is 2.94. The Morgan fingerprint density at radius 2 is 1.89 bits per heavy atom. The summed E-state index contributed by atoms with van der Waals surface area (Å²) in [5.41, 5.74) is 0.326. The molecule has 0 aromatic rings. The van der Waals surface area contributed by atoms with Gasteiger partial charge < -0.3 is 15.3 Å². The van der Waals surface area contributed by atoms with Crippen molar-refractivity contribution in [3.8, 4) is 0 Å². The maximum Gasteiger partial charge on any atom is 0.407 e. The zero-order chi connectivity index (χ0) is 13.2. The van der Waals surface area contributed by atoms with Crippen molar-refractivity contribution in [1.82, 2.24) is 10.2 Å². The van der Waals surface area contributed by atoms with Crippen molar-refractivity contribution in [2.75, 3.05) is 19.6 Å². The molecule has 0 aromatic heterocycles. The van der Waals surface area contributed by atoms with Crippen LogP contribution in [0.1, 0.15) is 46.0 Å². The van der Waals surface area contributed by atoms with Crippen LogP contribution in [0.15, 0.2) is 0 Å². The van der Waals surface area contributed by atoms with Gasteiger partial charge in [0.25, 0.3) is 0 Å². The minimum Gasteiger partial charge on any atom is -0.465 e. The van der Waals surface area contributed by atoms with Crippen LogP contribution in [0.2, 0.25) is 0 Å². The first kappa shape index (κ1) is 13.7. The maximum absolute atomic E-state index is 10.9. The summed E-state index contributed by atoms with van der Waals surface area (Å²) in [5, 5.41) is 12.5. The molecule has 0 unspecified atom stereocenters. The Labute approximate surface area is 110 Å². The van der Waals surface area contributed by atoms with E-state index in [0.29, 0.717) is 24.4 Å². The summed E-state index contributed by atoms with van der Waals surface area (Å²) < 4.78 is 0. The number of amides is 1. The second kappa shape index (κ2) is 5.47. The fourth-order valence-electron chi connectivity index (χ4n) is 2.94. The Bertz CT molecular complexity index is 292. The highest BCUT2D eigenvalue weighted by atomic mass is 16.4. The highest BCUT2D eigenvalue weighted by molar-refractivity contribution is 5.64. The Balaban J connectivity index is 1.73. The number of carboxylic acid groups (broad SMARTS) is 1. The minimum absolute atomic E-state index is 0.326. The van der Waals surface area contributed by atoms with Gasteiger partial charge in [-0.05, 0) is 50.0 Å². The quantitative estimate of drug-likeness (QED) is 0.792. The van der Waals surface area contributed by atoms with Crippen molar-refractivity contribution < 1.29 is 9.90 Å². The molecule has 1 saturated heterocycles. The zero-order valence-corrected chi connectivity index (χ0v) is 11.6. The standard InChI is InChI=1S/C14H26N2O2/c1-14(2,7-8-15-12-3-4-12)11-5-9-16(10-6-11)13(17)18/h11-12,15H,3-10H2,1-2H3,(H,17,18). The van der Waals surface area contributed by atoms with Gasteiger partial charge in [-0.2, -0.15) is 0 Å². The van der Waals surface area contributed by atoms with Crippen molar-refractivity contribution in [2.45, 2.75) is 52.0 Å². The van der Waals surface area contributed by atoms with Crippen LogP contribution in [0.3, 0.4) is 0 Å². The van der Waals surface area contributed by atoms with Crippen LogP contribution in [0.25, 0.3) is 0 Å². The van der Waals surface area contributed by atoms with Gasteiger partial charge in [0.1, 0.15) is 0 Å². The number of rotatable bonds is 5. The molecule has 0 aromatic carbocycles. The lowest BCUT2D eigenvalue weighted by Crippen LogP contribution is -2.42. The van der Waals surface area contributed by atoms with Gasteiger partial charge >= 0.3 is 6.09 Å². The topological polar surface area (TPSA) is 52.6 Å². The maximum atomic E-state index is 10.9. The van der Waals surface area contributed by atoms with E-state index in [2.05, 4.69) is 19.2 Å². The molecule has 1 aliphatic heterocycles. The fraction of sp³-hybridized carbons (Fsp3) is 0.929. The summed E-state index contributed by atoms with van der Waals surface area (Å²) in [6.07, 6.45) is 5.16. The van der Waals surface area contributed by atoms with E-state index in [4.69, 9.17) is 5.11 Å². The van der Waals surface area contributed by atoms with Crippen LogP contribution in [0, 0.1) is 11.3 Å². The number of hydrogen-bond donors (Lipinski definition) is 2. The smallest absolute Gasteiger partial charge is 0.407 e. The van der Waals surface area contributed by atoms with Gasteiger partial charge in [0, 0.05) is 19.1 Å². The third-order valence-electron chi connectivity index (χ3n) is 4.65. The van der Waals surface area contributed by atoms with Crippen molar-refractivity contribution in [3.63, 3.8) is 0 Å². The van der Waals surface area contributed by atoms with E-state index in [0.717, 1.165) is 25.4 Å². The molecule has 1 saturated carbocycles. The second-order valence-corrected chi connectivity index (χ2v) is 6.51. The molecule has 4 heteroatoms. The molecule has 1 aliphatic carbocycles. The molecule has 2 fully saturated rings. The number of piperidine rings is 1. The molecule has 4 nitrogen and oxygen atoms in total. The molecule has 2 N–H and O–H groups in total. The first-order chi connectivity index (χ1) is 8.49. The molecule has 1 heterocycles. The van der Waals surface area contributed by atoms with Crippen LogP contribution in [0.5, 0.6) is 0 Å². The van der Waals surface area contributed by atoms with E-state index < -0.39 is 6.09 Å². The third kappa shape index (κ3) is 3.61. The van der Waals surface area contributed by atoms with E-state index in [1.807, 2.05) is 0 Å². The van der Waals surface area contributed by atoms with Crippen LogP contribution in [-0.4, -0.2) is 41.8 Å². The van der Waals surface area contributed by atoms with Gasteiger partial charge in [-0.1, -0.05) is 13.8 Å². The monoisotopic (exact) mass is 254 g/mol. The van der Waals surface area contributed by atoms with Crippen LogP contribution >= 0.6 is 0 Å². The molecule has 2 rings (SSSR count). The van der Waals surface area contributed by atoms with Gasteiger partial charge in [-0.25, -0.2) is 4.79 Å². The van der Waals surface area contributed by atoms with E-state index >= 15 is 0 Å². The van der Waals surface area contributed by atoms with Crippen molar-refractivity contribution in [2.24, 2.45) is 11.3 Å². The number of likely N-dealkylation sites (tertiary alicyclic amines) is 1. The lowest BCUT2D eigenvalue weighted by atomic mass is 9.71. The summed E-state index contributed by atoms with van der Waals surface area (Å²) in [4.78, 5) is 12.4. The highest BCUT2D eigenvalue weighted by Crippen LogP contribution is 2.37. The molecule has 18 heavy (non-hydrogen) atoms. The Kier molecular flexibility index (Phi) is 4.15. The first-order valence-electron chi connectivity index (χ1n) is 7.20. The van der Waals surface area contributed by atoms with Crippen molar-refractivity contribution in [3.05, 3.63) is 0 Å². The van der Waals surface area contributed by atoms with E-state index in [1.54, 1.807) is 4.90 Å². The van der Waals surface area contributed by atoms with Crippen molar-refractivity contribution >= 4 is 6.09 Å². The average Bonchev–Trinajstić information content (AvgIpc) is 3.13. The van der Waals surface area contributed by atoms with Gasteiger partial charge in [-0.3, -0.25) is 0 Å². The summed E-state index contributed by atoms with van der Waals surface area (Å²) in [5.74, 6) is 0.661. The Morgan fingerprint density at radius 1 is 1.28 bits per heavy atom. The Morgan fingerprint density at radius 3 is 2.39 bits per heavy atom. The molecule has 2 aliphatic rings. The van der Waals surface area contributed by atoms with Crippen LogP contribution in [-0.2, 0) is 0 Å². The van der Waals surface area contributed by atoms with Crippen molar-refractivity contribution in [1.29, 1.82) is 0 Å². The summed E-state index contributed by atoms with van der Waals surface area (Å²) >= 11 is 0. The van der Waals surface area contributed by atoms with Gasteiger partial charge in [-0.15, -0.1) is 0 Å². The molecule has 0 spiro atoms. The normalized spacial score (nSPS) is 22.2.